The second-order valence-electron chi connectivity index (χ2n) is 5.35. The van der Waals surface area contributed by atoms with Crippen molar-refractivity contribution in [2.75, 3.05) is 30.5 Å². The number of ether oxygens (including phenoxy) is 2. The van der Waals surface area contributed by atoms with Crippen LogP contribution < -0.4 is 19.5 Å². The summed E-state index contributed by atoms with van der Waals surface area (Å²) in [5.41, 5.74) is 1.31. The van der Waals surface area contributed by atoms with Crippen molar-refractivity contribution >= 4 is 33.4 Å². The predicted octanol–water partition coefficient (Wildman–Crippen LogP) is 2.73. The fourth-order valence-corrected chi connectivity index (χ4v) is 2.77. The quantitative estimate of drug-likeness (QED) is 0.725. The Morgan fingerprint density at radius 2 is 1.73 bits per heavy atom. The molecule has 0 fully saturated rings. The minimum absolute atomic E-state index is 0.288. The lowest BCUT2D eigenvalue weighted by Gasteiger charge is -2.11. The highest BCUT2D eigenvalue weighted by Crippen LogP contribution is 2.25. The number of rotatable bonds is 7. The van der Waals surface area contributed by atoms with Gasteiger partial charge in [0.15, 0.2) is 0 Å². The molecule has 2 N–H and O–H groups in total. The largest absolute Gasteiger partial charge is 0.497 e. The van der Waals surface area contributed by atoms with Crippen LogP contribution in [-0.4, -0.2) is 34.8 Å². The van der Waals surface area contributed by atoms with Crippen LogP contribution in [-0.2, 0) is 14.8 Å². The molecular formula is C18H20N2O5S. The third-order valence-corrected chi connectivity index (χ3v) is 3.92. The van der Waals surface area contributed by atoms with Crippen LogP contribution in [0.2, 0.25) is 0 Å². The maximum Gasteiger partial charge on any atom is 0.248 e. The number of amides is 1. The molecule has 2 aromatic rings. The van der Waals surface area contributed by atoms with Gasteiger partial charge >= 0.3 is 0 Å². The van der Waals surface area contributed by atoms with Crippen molar-refractivity contribution in [1.82, 2.24) is 0 Å². The first-order valence-corrected chi connectivity index (χ1v) is 9.49. The summed E-state index contributed by atoms with van der Waals surface area (Å²) >= 11 is 0. The van der Waals surface area contributed by atoms with Crippen molar-refractivity contribution in [1.29, 1.82) is 0 Å². The number of sulfonamides is 1. The molecule has 0 heterocycles. The van der Waals surface area contributed by atoms with Crippen LogP contribution in [0.3, 0.4) is 0 Å². The maximum absolute atomic E-state index is 12.2. The van der Waals surface area contributed by atoms with E-state index in [0.29, 0.717) is 22.7 Å². The first kappa shape index (κ1) is 19.3. The predicted molar refractivity (Wildman–Crippen MR) is 102 cm³/mol. The summed E-state index contributed by atoms with van der Waals surface area (Å²) in [5.74, 6) is 0.806. The van der Waals surface area contributed by atoms with Gasteiger partial charge in [-0.15, -0.1) is 0 Å². The maximum atomic E-state index is 12.2. The summed E-state index contributed by atoms with van der Waals surface area (Å²) in [6, 6.07) is 11.8. The highest BCUT2D eigenvalue weighted by atomic mass is 32.2. The van der Waals surface area contributed by atoms with Crippen LogP contribution in [0.1, 0.15) is 5.56 Å². The van der Waals surface area contributed by atoms with E-state index in [1.54, 1.807) is 55.7 Å². The fourth-order valence-electron chi connectivity index (χ4n) is 2.19. The molecule has 0 unspecified atom stereocenters. The van der Waals surface area contributed by atoms with Crippen LogP contribution in [0, 0.1) is 0 Å². The molecule has 2 rings (SSSR count). The molecule has 26 heavy (non-hydrogen) atoms. The minimum Gasteiger partial charge on any atom is -0.497 e. The normalized spacial score (nSPS) is 11.2. The van der Waals surface area contributed by atoms with Gasteiger partial charge in [0.1, 0.15) is 11.5 Å². The van der Waals surface area contributed by atoms with Gasteiger partial charge in [-0.1, -0.05) is 12.1 Å². The van der Waals surface area contributed by atoms with Crippen molar-refractivity contribution in [3.63, 3.8) is 0 Å². The second-order valence-corrected chi connectivity index (χ2v) is 7.10. The Balaban J connectivity index is 2.18. The van der Waals surface area contributed by atoms with Gasteiger partial charge in [-0.05, 0) is 36.4 Å². The fraction of sp³-hybridized carbons (Fsp3) is 0.167. The van der Waals surface area contributed by atoms with Gasteiger partial charge in [0.2, 0.25) is 15.9 Å². The molecule has 0 aliphatic carbocycles. The van der Waals surface area contributed by atoms with Crippen LogP contribution in [0.4, 0.5) is 11.4 Å². The van der Waals surface area contributed by atoms with E-state index in [9.17, 15) is 13.2 Å². The Morgan fingerprint density at radius 3 is 2.35 bits per heavy atom. The smallest absolute Gasteiger partial charge is 0.248 e. The summed E-state index contributed by atoms with van der Waals surface area (Å²) in [5, 5.41) is 2.64. The van der Waals surface area contributed by atoms with E-state index in [4.69, 9.17) is 9.47 Å². The van der Waals surface area contributed by atoms with Crippen molar-refractivity contribution in [2.45, 2.75) is 0 Å². The van der Waals surface area contributed by atoms with Crippen LogP contribution in [0.15, 0.2) is 48.5 Å². The highest BCUT2D eigenvalue weighted by Gasteiger charge is 2.09. The minimum atomic E-state index is -3.46. The summed E-state index contributed by atoms with van der Waals surface area (Å²) in [7, 11) is -0.374. The molecule has 138 valence electrons. The molecule has 0 aliphatic rings. The molecule has 0 radical (unpaired) electrons. The van der Waals surface area contributed by atoms with Crippen molar-refractivity contribution < 1.29 is 22.7 Å². The zero-order chi connectivity index (χ0) is 19.2. The SMILES string of the molecule is COc1ccc(OC)c(/C=C/C(=O)Nc2ccccc2NS(C)(=O)=O)c1. The molecule has 0 bridgehead atoms. The van der Waals surface area contributed by atoms with E-state index in [0.717, 1.165) is 6.26 Å². The number of nitrogens with one attached hydrogen (secondary N) is 2. The number of carbonyl (C=O) groups excluding carboxylic acids is 1. The standard InChI is InChI=1S/C18H20N2O5S/c1-24-14-9-10-17(25-2)13(12-14)8-11-18(21)19-15-6-4-5-7-16(15)20-26(3,22)23/h4-12,20H,1-3H3,(H,19,21)/b11-8+. The third kappa shape index (κ3) is 5.52. The van der Waals surface area contributed by atoms with Crippen LogP contribution in [0.25, 0.3) is 6.08 Å². The Hall–Kier alpha value is -3.00. The molecule has 0 spiro atoms. The number of benzene rings is 2. The molecule has 7 nitrogen and oxygen atoms in total. The van der Waals surface area contributed by atoms with E-state index in [1.165, 1.54) is 13.2 Å². The lowest BCUT2D eigenvalue weighted by molar-refractivity contribution is -0.111. The van der Waals surface area contributed by atoms with Gasteiger partial charge in [0.25, 0.3) is 0 Å². The molecule has 0 atom stereocenters. The Morgan fingerprint density at radius 1 is 1.04 bits per heavy atom. The Bertz CT molecular complexity index is 923. The number of hydrogen-bond acceptors (Lipinski definition) is 5. The molecule has 0 saturated heterocycles. The Labute approximate surface area is 152 Å². The molecule has 8 heteroatoms. The molecule has 0 aromatic heterocycles. The van der Waals surface area contributed by atoms with E-state index >= 15 is 0 Å². The van der Waals surface area contributed by atoms with Gasteiger partial charge < -0.3 is 14.8 Å². The zero-order valence-electron chi connectivity index (χ0n) is 14.6. The summed E-state index contributed by atoms with van der Waals surface area (Å²) < 4.78 is 35.6. The summed E-state index contributed by atoms with van der Waals surface area (Å²) in [4.78, 5) is 12.2. The van der Waals surface area contributed by atoms with Gasteiger partial charge in [0, 0.05) is 11.6 Å². The van der Waals surface area contributed by atoms with Gasteiger partial charge in [-0.2, -0.15) is 0 Å². The molecule has 1 amide bonds. The van der Waals surface area contributed by atoms with E-state index in [1.807, 2.05) is 0 Å². The van der Waals surface area contributed by atoms with Gasteiger partial charge in [0.05, 0.1) is 31.9 Å². The van der Waals surface area contributed by atoms with Gasteiger partial charge in [-0.3, -0.25) is 9.52 Å². The third-order valence-electron chi connectivity index (χ3n) is 3.33. The lowest BCUT2D eigenvalue weighted by atomic mass is 10.1. The second kappa shape index (κ2) is 8.39. The monoisotopic (exact) mass is 376 g/mol. The van der Waals surface area contributed by atoms with Crippen molar-refractivity contribution in [3.8, 4) is 11.5 Å². The van der Waals surface area contributed by atoms with Crippen LogP contribution in [0.5, 0.6) is 11.5 Å². The number of methoxy groups -OCH3 is 2. The lowest BCUT2D eigenvalue weighted by Crippen LogP contribution is -2.14. The number of hydrogen-bond donors (Lipinski definition) is 2. The highest BCUT2D eigenvalue weighted by molar-refractivity contribution is 7.92. The number of anilines is 2. The molecule has 0 aliphatic heterocycles. The summed E-state index contributed by atoms with van der Waals surface area (Å²) in [6.07, 6.45) is 3.96. The van der Waals surface area contributed by atoms with Crippen molar-refractivity contribution in [3.05, 3.63) is 54.1 Å². The van der Waals surface area contributed by atoms with E-state index in [-0.39, 0.29) is 5.69 Å². The van der Waals surface area contributed by atoms with E-state index in [2.05, 4.69) is 10.0 Å². The average Bonchev–Trinajstić information content (AvgIpc) is 2.60. The average molecular weight is 376 g/mol. The molecule has 2 aromatic carbocycles. The first-order chi connectivity index (χ1) is 12.3. The Kier molecular flexibility index (Phi) is 6.24. The number of carbonyl (C=O) groups is 1. The summed E-state index contributed by atoms with van der Waals surface area (Å²) in [6.45, 7) is 0. The first-order valence-electron chi connectivity index (χ1n) is 7.60. The number of para-hydroxylation sites is 2. The van der Waals surface area contributed by atoms with E-state index < -0.39 is 15.9 Å². The molecule has 0 saturated carbocycles. The zero-order valence-corrected chi connectivity index (χ0v) is 15.5. The topological polar surface area (TPSA) is 93.7 Å². The van der Waals surface area contributed by atoms with Crippen LogP contribution >= 0.6 is 0 Å². The van der Waals surface area contributed by atoms with Gasteiger partial charge in [-0.25, -0.2) is 8.42 Å². The molecular weight excluding hydrogens is 356 g/mol. The van der Waals surface area contributed by atoms with Crippen molar-refractivity contribution in [2.24, 2.45) is 0 Å².